The Balaban J connectivity index is 2.17. The lowest BCUT2D eigenvalue weighted by atomic mass is 10.2. The van der Waals surface area contributed by atoms with Crippen LogP contribution in [0.3, 0.4) is 0 Å². The van der Waals surface area contributed by atoms with Crippen molar-refractivity contribution in [1.82, 2.24) is 4.90 Å². The van der Waals surface area contributed by atoms with E-state index in [2.05, 4.69) is 15.9 Å². The number of amides is 2. The van der Waals surface area contributed by atoms with Crippen LogP contribution in [0.2, 0.25) is 0 Å². The molecule has 1 aromatic carbocycles. The monoisotopic (exact) mass is 296 g/mol. The molecule has 5 heteroatoms. The Morgan fingerprint density at radius 2 is 1.94 bits per heavy atom. The van der Waals surface area contributed by atoms with E-state index in [1.54, 1.807) is 9.80 Å². The minimum Gasteiger partial charge on any atom is -0.317 e. The van der Waals surface area contributed by atoms with Crippen LogP contribution in [-0.2, 0) is 4.79 Å². The van der Waals surface area contributed by atoms with E-state index in [-0.39, 0.29) is 12.6 Å². The van der Waals surface area contributed by atoms with Gasteiger partial charge in [-0.15, -0.1) is 0 Å². The maximum atomic E-state index is 12.1. The molecular formula is C12H13BrN2O2. The molecule has 0 aromatic heterocycles. The van der Waals surface area contributed by atoms with Gasteiger partial charge in [0.05, 0.1) is 6.54 Å². The number of carbonyl (C=O) groups is 2. The first kappa shape index (κ1) is 12.1. The van der Waals surface area contributed by atoms with Crippen molar-refractivity contribution in [3.8, 4) is 0 Å². The molecule has 1 aromatic rings. The summed E-state index contributed by atoms with van der Waals surface area (Å²) in [7, 11) is 0. The number of halogens is 1. The first-order valence-electron chi connectivity index (χ1n) is 5.48. The molecule has 0 radical (unpaired) electrons. The predicted molar refractivity (Wildman–Crippen MR) is 69.1 cm³/mol. The van der Waals surface area contributed by atoms with Gasteiger partial charge in [0.25, 0.3) is 0 Å². The van der Waals surface area contributed by atoms with Crippen molar-refractivity contribution in [3.63, 3.8) is 0 Å². The van der Waals surface area contributed by atoms with Gasteiger partial charge in [0.1, 0.15) is 6.29 Å². The van der Waals surface area contributed by atoms with Crippen molar-refractivity contribution in [2.75, 3.05) is 24.5 Å². The molecule has 0 aliphatic carbocycles. The summed E-state index contributed by atoms with van der Waals surface area (Å²) in [5, 5.41) is 0. The van der Waals surface area contributed by atoms with E-state index < -0.39 is 0 Å². The van der Waals surface area contributed by atoms with Crippen LogP contribution >= 0.6 is 15.9 Å². The Kier molecular flexibility index (Phi) is 3.78. The van der Waals surface area contributed by atoms with Gasteiger partial charge in [-0.3, -0.25) is 4.90 Å². The molecule has 90 valence electrons. The third kappa shape index (κ3) is 2.66. The molecule has 2 rings (SSSR count). The molecule has 1 saturated heterocycles. The fourth-order valence-corrected chi connectivity index (χ4v) is 2.17. The quantitative estimate of drug-likeness (QED) is 0.803. The van der Waals surface area contributed by atoms with E-state index >= 15 is 0 Å². The molecule has 0 saturated carbocycles. The van der Waals surface area contributed by atoms with E-state index in [0.29, 0.717) is 13.1 Å². The molecule has 0 atom stereocenters. The zero-order chi connectivity index (χ0) is 12.3. The largest absolute Gasteiger partial charge is 0.324 e. The smallest absolute Gasteiger partial charge is 0.317 e. The Morgan fingerprint density at radius 3 is 2.59 bits per heavy atom. The molecule has 0 spiro atoms. The molecule has 4 nitrogen and oxygen atoms in total. The van der Waals surface area contributed by atoms with Crippen molar-refractivity contribution >= 4 is 33.9 Å². The van der Waals surface area contributed by atoms with Crippen LogP contribution in [-0.4, -0.2) is 36.9 Å². The van der Waals surface area contributed by atoms with Crippen LogP contribution in [0.25, 0.3) is 0 Å². The lowest BCUT2D eigenvalue weighted by molar-refractivity contribution is -0.108. The van der Waals surface area contributed by atoms with Crippen LogP contribution in [0.5, 0.6) is 0 Å². The highest BCUT2D eigenvalue weighted by Gasteiger charge is 2.26. The Bertz CT molecular complexity index is 419. The van der Waals surface area contributed by atoms with Gasteiger partial charge in [0, 0.05) is 23.2 Å². The van der Waals surface area contributed by atoms with Gasteiger partial charge in [-0.05, 0) is 30.7 Å². The molecule has 0 bridgehead atoms. The number of anilines is 1. The molecule has 0 N–H and O–H groups in total. The number of hydrogen-bond acceptors (Lipinski definition) is 2. The summed E-state index contributed by atoms with van der Waals surface area (Å²) in [5.74, 6) is 0. The number of hydrogen-bond donors (Lipinski definition) is 0. The van der Waals surface area contributed by atoms with Crippen molar-refractivity contribution in [2.45, 2.75) is 6.42 Å². The van der Waals surface area contributed by atoms with Crippen molar-refractivity contribution < 1.29 is 9.59 Å². The highest BCUT2D eigenvalue weighted by Crippen LogP contribution is 2.22. The van der Waals surface area contributed by atoms with Gasteiger partial charge in [-0.2, -0.15) is 0 Å². The number of urea groups is 1. The zero-order valence-corrected chi connectivity index (χ0v) is 10.9. The number of nitrogens with zero attached hydrogens (tertiary/aromatic N) is 2. The summed E-state index contributed by atoms with van der Waals surface area (Å²) < 4.78 is 0.982. The van der Waals surface area contributed by atoms with Crippen LogP contribution in [0.1, 0.15) is 6.42 Å². The third-order valence-corrected chi connectivity index (χ3v) is 3.27. The summed E-state index contributed by atoms with van der Waals surface area (Å²) in [6.45, 7) is 1.53. The molecular weight excluding hydrogens is 284 g/mol. The molecule has 1 aliphatic rings. The Labute approximate surface area is 108 Å². The first-order chi connectivity index (χ1) is 8.22. The second kappa shape index (κ2) is 5.31. The van der Waals surface area contributed by atoms with Crippen LogP contribution in [0, 0.1) is 0 Å². The normalized spacial score (nSPS) is 16.2. The molecule has 0 unspecified atom stereocenters. The molecule has 1 fully saturated rings. The van der Waals surface area contributed by atoms with Gasteiger partial charge in [-0.25, -0.2) is 4.79 Å². The Morgan fingerprint density at radius 1 is 1.24 bits per heavy atom. The number of benzene rings is 1. The predicted octanol–water partition coefficient (Wildman–Crippen LogP) is 2.28. The molecule has 2 amide bonds. The van der Waals surface area contributed by atoms with Crippen molar-refractivity contribution in [1.29, 1.82) is 0 Å². The number of aldehydes is 1. The summed E-state index contributed by atoms with van der Waals surface area (Å²) in [6, 6.07) is 7.51. The van der Waals surface area contributed by atoms with E-state index in [4.69, 9.17) is 0 Å². The Hall–Kier alpha value is -1.36. The van der Waals surface area contributed by atoms with Crippen molar-refractivity contribution in [2.24, 2.45) is 0 Å². The molecule has 1 aliphatic heterocycles. The zero-order valence-electron chi connectivity index (χ0n) is 9.30. The highest BCUT2D eigenvalue weighted by molar-refractivity contribution is 9.10. The van der Waals surface area contributed by atoms with Crippen LogP contribution < -0.4 is 4.90 Å². The van der Waals surface area contributed by atoms with E-state index in [1.807, 2.05) is 24.3 Å². The van der Waals surface area contributed by atoms with Crippen LogP contribution in [0.4, 0.5) is 10.5 Å². The first-order valence-corrected chi connectivity index (χ1v) is 6.27. The average molecular weight is 297 g/mol. The number of carbonyl (C=O) groups excluding carboxylic acids is 2. The SMILES string of the molecule is O=CCN1CCCN(c2ccc(Br)cc2)C1=O. The lowest BCUT2D eigenvalue weighted by Gasteiger charge is -2.34. The van der Waals surface area contributed by atoms with Gasteiger partial charge in [0.2, 0.25) is 0 Å². The van der Waals surface area contributed by atoms with Gasteiger partial charge in [0.15, 0.2) is 0 Å². The van der Waals surface area contributed by atoms with E-state index in [1.165, 1.54) is 0 Å². The fraction of sp³-hybridized carbons (Fsp3) is 0.333. The molecule has 17 heavy (non-hydrogen) atoms. The maximum Gasteiger partial charge on any atom is 0.324 e. The lowest BCUT2D eigenvalue weighted by Crippen LogP contribution is -2.50. The topological polar surface area (TPSA) is 40.6 Å². The average Bonchev–Trinajstić information content (AvgIpc) is 2.34. The minimum absolute atomic E-state index is 0.0920. The van der Waals surface area contributed by atoms with E-state index in [9.17, 15) is 9.59 Å². The molecule has 1 heterocycles. The summed E-state index contributed by atoms with van der Waals surface area (Å²) in [4.78, 5) is 25.8. The maximum absolute atomic E-state index is 12.1. The van der Waals surface area contributed by atoms with E-state index in [0.717, 1.165) is 22.9 Å². The number of rotatable bonds is 3. The van der Waals surface area contributed by atoms with Gasteiger partial charge < -0.3 is 9.69 Å². The van der Waals surface area contributed by atoms with Crippen LogP contribution in [0.15, 0.2) is 28.7 Å². The second-order valence-corrected chi connectivity index (χ2v) is 4.79. The van der Waals surface area contributed by atoms with Gasteiger partial charge in [-0.1, -0.05) is 15.9 Å². The second-order valence-electron chi connectivity index (χ2n) is 3.88. The summed E-state index contributed by atoms with van der Waals surface area (Å²) in [6.07, 6.45) is 1.65. The van der Waals surface area contributed by atoms with Crippen molar-refractivity contribution in [3.05, 3.63) is 28.7 Å². The summed E-state index contributed by atoms with van der Waals surface area (Å²) >= 11 is 3.36. The highest BCUT2D eigenvalue weighted by atomic mass is 79.9. The third-order valence-electron chi connectivity index (χ3n) is 2.74. The minimum atomic E-state index is -0.0920. The standard InChI is InChI=1S/C12H13BrN2O2/c13-10-2-4-11(5-3-10)15-7-1-6-14(8-9-16)12(15)17/h2-5,9H,1,6-8H2. The fourth-order valence-electron chi connectivity index (χ4n) is 1.90. The van der Waals surface area contributed by atoms with Gasteiger partial charge >= 0.3 is 6.03 Å². The summed E-state index contributed by atoms with van der Waals surface area (Å²) in [5.41, 5.74) is 0.869.